The quantitative estimate of drug-likeness (QED) is 0.686. The van der Waals surface area contributed by atoms with Crippen LogP contribution in [0.25, 0.3) is 0 Å². The van der Waals surface area contributed by atoms with Gasteiger partial charge in [0.05, 0.1) is 16.8 Å². The maximum Gasteiger partial charge on any atom is 0.261 e. The lowest BCUT2D eigenvalue weighted by Crippen LogP contribution is -2.13. The average molecular weight is 374 g/mol. The van der Waals surface area contributed by atoms with Crippen molar-refractivity contribution < 1.29 is 8.42 Å². The number of aryl methyl sites for hydroxylation is 1. The van der Waals surface area contributed by atoms with Crippen LogP contribution in [0.3, 0.4) is 0 Å². The molecule has 1 heterocycles. The second-order valence-electron chi connectivity index (χ2n) is 5.49. The molecule has 128 valence electrons. The van der Waals surface area contributed by atoms with Gasteiger partial charge in [-0.3, -0.25) is 4.72 Å². The van der Waals surface area contributed by atoms with E-state index in [4.69, 9.17) is 11.6 Å². The van der Waals surface area contributed by atoms with Crippen LogP contribution >= 0.6 is 11.6 Å². The van der Waals surface area contributed by atoms with E-state index in [0.29, 0.717) is 16.5 Å². The second kappa shape index (κ2) is 7.13. The van der Waals surface area contributed by atoms with E-state index < -0.39 is 10.0 Å². The number of benzene rings is 2. The number of hydrogen-bond acceptors (Lipinski definition) is 4. The zero-order chi connectivity index (χ0) is 17.9. The highest BCUT2D eigenvalue weighted by Gasteiger charge is 2.14. The Labute approximate surface area is 151 Å². The molecular weight excluding hydrogens is 358 g/mol. The van der Waals surface area contributed by atoms with Crippen LogP contribution < -0.4 is 10.0 Å². The number of rotatable bonds is 5. The molecule has 2 aromatic carbocycles. The van der Waals surface area contributed by atoms with Crippen LogP contribution in [0.5, 0.6) is 0 Å². The molecule has 5 nitrogen and oxygen atoms in total. The van der Waals surface area contributed by atoms with E-state index in [0.717, 1.165) is 5.69 Å². The van der Waals surface area contributed by atoms with Crippen molar-refractivity contribution in [1.82, 2.24) is 4.98 Å². The Kier molecular flexibility index (Phi) is 4.92. The Morgan fingerprint density at radius 1 is 0.960 bits per heavy atom. The van der Waals surface area contributed by atoms with Crippen LogP contribution in [-0.2, 0) is 10.0 Å². The van der Waals surface area contributed by atoms with E-state index in [1.165, 1.54) is 23.9 Å². The number of hydrogen-bond donors (Lipinski definition) is 2. The van der Waals surface area contributed by atoms with Gasteiger partial charge in [-0.05, 0) is 49.4 Å². The molecular formula is C18H16ClN3O2S. The minimum atomic E-state index is -3.71. The highest BCUT2D eigenvalue weighted by Crippen LogP contribution is 2.21. The molecule has 1 aromatic heterocycles. The monoisotopic (exact) mass is 373 g/mol. The van der Waals surface area contributed by atoms with Crippen molar-refractivity contribution in [3.05, 3.63) is 77.4 Å². The molecule has 3 rings (SSSR count). The van der Waals surface area contributed by atoms with Gasteiger partial charge in [-0.1, -0.05) is 35.4 Å². The summed E-state index contributed by atoms with van der Waals surface area (Å²) in [7, 11) is -3.71. The number of halogens is 1. The number of nitrogens with one attached hydrogen (secondary N) is 2. The fourth-order valence-corrected chi connectivity index (χ4v) is 3.50. The maximum absolute atomic E-state index is 12.3. The SMILES string of the molecule is Cc1ccc(Nc2ccc(NS(=O)(=O)c3cccc(Cl)c3)cn2)cc1. The van der Waals surface area contributed by atoms with Gasteiger partial charge in [0.15, 0.2) is 0 Å². The summed E-state index contributed by atoms with van der Waals surface area (Å²) in [4.78, 5) is 4.33. The predicted molar refractivity (Wildman–Crippen MR) is 101 cm³/mol. The van der Waals surface area contributed by atoms with Gasteiger partial charge in [0, 0.05) is 10.7 Å². The van der Waals surface area contributed by atoms with Crippen molar-refractivity contribution in [3.63, 3.8) is 0 Å². The van der Waals surface area contributed by atoms with Crippen molar-refractivity contribution in [2.45, 2.75) is 11.8 Å². The summed E-state index contributed by atoms with van der Waals surface area (Å²) < 4.78 is 27.2. The third kappa shape index (κ3) is 4.49. The molecule has 7 heteroatoms. The van der Waals surface area contributed by atoms with Gasteiger partial charge in [-0.15, -0.1) is 0 Å². The zero-order valence-corrected chi connectivity index (χ0v) is 15.0. The summed E-state index contributed by atoms with van der Waals surface area (Å²) in [6.07, 6.45) is 1.46. The molecule has 0 radical (unpaired) electrons. The third-order valence-corrected chi connectivity index (χ3v) is 5.06. The number of pyridine rings is 1. The largest absolute Gasteiger partial charge is 0.340 e. The van der Waals surface area contributed by atoms with Gasteiger partial charge in [0.1, 0.15) is 5.82 Å². The Morgan fingerprint density at radius 2 is 1.68 bits per heavy atom. The summed E-state index contributed by atoms with van der Waals surface area (Å²) >= 11 is 5.85. The summed E-state index contributed by atoms with van der Waals surface area (Å²) in [5, 5.41) is 3.51. The van der Waals surface area contributed by atoms with Gasteiger partial charge >= 0.3 is 0 Å². The maximum atomic E-state index is 12.3. The molecule has 0 atom stereocenters. The number of nitrogens with zero attached hydrogens (tertiary/aromatic N) is 1. The van der Waals surface area contributed by atoms with E-state index >= 15 is 0 Å². The molecule has 25 heavy (non-hydrogen) atoms. The Balaban J connectivity index is 1.73. The standard InChI is InChI=1S/C18H16ClN3O2S/c1-13-5-7-15(8-6-13)21-18-10-9-16(12-20-18)22-25(23,24)17-4-2-3-14(19)11-17/h2-12,22H,1H3,(H,20,21). The van der Waals surface area contributed by atoms with E-state index in [1.54, 1.807) is 24.3 Å². The molecule has 2 N–H and O–H groups in total. The van der Waals surface area contributed by atoms with Crippen LogP contribution in [0.4, 0.5) is 17.2 Å². The van der Waals surface area contributed by atoms with Crippen molar-refractivity contribution >= 4 is 38.8 Å². The molecule has 0 aliphatic carbocycles. The molecule has 0 saturated carbocycles. The fourth-order valence-electron chi connectivity index (χ4n) is 2.16. The number of sulfonamides is 1. The molecule has 0 aliphatic rings. The highest BCUT2D eigenvalue weighted by molar-refractivity contribution is 7.92. The smallest absolute Gasteiger partial charge is 0.261 e. The lowest BCUT2D eigenvalue weighted by atomic mass is 10.2. The first kappa shape index (κ1) is 17.3. The van der Waals surface area contributed by atoms with Crippen molar-refractivity contribution in [3.8, 4) is 0 Å². The molecule has 0 unspecified atom stereocenters. The van der Waals surface area contributed by atoms with Crippen molar-refractivity contribution in [1.29, 1.82) is 0 Å². The van der Waals surface area contributed by atoms with Crippen LogP contribution in [0.1, 0.15) is 5.56 Å². The van der Waals surface area contributed by atoms with Gasteiger partial charge in [0.2, 0.25) is 0 Å². The molecule has 0 amide bonds. The van der Waals surface area contributed by atoms with Crippen LogP contribution in [0.15, 0.2) is 71.8 Å². The molecule has 3 aromatic rings. The van der Waals surface area contributed by atoms with Gasteiger partial charge < -0.3 is 5.32 Å². The van der Waals surface area contributed by atoms with Crippen LogP contribution in [0.2, 0.25) is 5.02 Å². The summed E-state index contributed by atoms with van der Waals surface area (Å²) in [6.45, 7) is 2.02. The van der Waals surface area contributed by atoms with E-state index in [9.17, 15) is 8.42 Å². The molecule has 0 saturated heterocycles. The first-order valence-electron chi connectivity index (χ1n) is 7.50. The first-order valence-corrected chi connectivity index (χ1v) is 9.37. The van der Waals surface area contributed by atoms with Gasteiger partial charge in [-0.2, -0.15) is 0 Å². The lowest BCUT2D eigenvalue weighted by molar-refractivity contribution is 0.601. The van der Waals surface area contributed by atoms with E-state index in [-0.39, 0.29) is 4.90 Å². The third-order valence-electron chi connectivity index (χ3n) is 3.45. The average Bonchev–Trinajstić information content (AvgIpc) is 2.58. The fraction of sp³-hybridized carbons (Fsp3) is 0.0556. The van der Waals surface area contributed by atoms with Crippen molar-refractivity contribution in [2.24, 2.45) is 0 Å². The first-order chi connectivity index (χ1) is 11.9. The number of aromatic nitrogens is 1. The summed E-state index contributed by atoms with van der Waals surface area (Å²) in [5.41, 5.74) is 2.45. The molecule has 0 spiro atoms. The zero-order valence-electron chi connectivity index (χ0n) is 13.4. The second-order valence-corrected chi connectivity index (χ2v) is 7.60. The van der Waals surface area contributed by atoms with Crippen LogP contribution in [0, 0.1) is 6.92 Å². The van der Waals surface area contributed by atoms with Crippen LogP contribution in [-0.4, -0.2) is 13.4 Å². The number of anilines is 3. The summed E-state index contributed by atoms with van der Waals surface area (Å²) in [5.74, 6) is 0.620. The van der Waals surface area contributed by atoms with Crippen molar-refractivity contribution in [2.75, 3.05) is 10.0 Å². The minimum absolute atomic E-state index is 0.0989. The normalized spacial score (nSPS) is 11.1. The predicted octanol–water partition coefficient (Wildman–Crippen LogP) is 4.59. The Hall–Kier alpha value is -2.57. The highest BCUT2D eigenvalue weighted by atomic mass is 35.5. The minimum Gasteiger partial charge on any atom is -0.340 e. The molecule has 0 fully saturated rings. The lowest BCUT2D eigenvalue weighted by Gasteiger charge is -2.10. The van der Waals surface area contributed by atoms with Gasteiger partial charge in [0.25, 0.3) is 10.0 Å². The summed E-state index contributed by atoms with van der Waals surface area (Å²) in [6, 6.07) is 17.3. The van der Waals surface area contributed by atoms with Gasteiger partial charge in [-0.25, -0.2) is 13.4 Å². The van der Waals surface area contributed by atoms with E-state index in [2.05, 4.69) is 15.0 Å². The Bertz CT molecular complexity index is 972. The Morgan fingerprint density at radius 3 is 2.32 bits per heavy atom. The topological polar surface area (TPSA) is 71.1 Å². The molecule has 0 bridgehead atoms. The van der Waals surface area contributed by atoms with E-state index in [1.807, 2.05) is 31.2 Å². The molecule has 0 aliphatic heterocycles.